The van der Waals surface area contributed by atoms with Crippen LogP contribution in [0.4, 0.5) is 0 Å². The number of ether oxygens (including phenoxy) is 2. The number of methoxy groups -OCH3 is 1. The molecular weight excluding hydrogens is 244 g/mol. The second-order valence-corrected chi connectivity index (χ2v) is 5.25. The second kappa shape index (κ2) is 5.87. The van der Waals surface area contributed by atoms with Gasteiger partial charge in [-0.25, -0.2) is 4.79 Å². The topological polar surface area (TPSA) is 52.6 Å². The van der Waals surface area contributed by atoms with E-state index in [0.717, 1.165) is 5.56 Å². The number of esters is 1. The average Bonchev–Trinajstić information content (AvgIpc) is 2.36. The quantitative estimate of drug-likeness (QED) is 0.476. The molecule has 0 amide bonds. The van der Waals surface area contributed by atoms with Crippen LogP contribution in [-0.2, 0) is 14.9 Å². The van der Waals surface area contributed by atoms with E-state index >= 15 is 0 Å². The summed E-state index contributed by atoms with van der Waals surface area (Å²) in [5.41, 5.74) is 1.08. The Hall–Kier alpha value is -1.84. The second-order valence-electron chi connectivity index (χ2n) is 5.25. The summed E-state index contributed by atoms with van der Waals surface area (Å²) < 4.78 is 9.90. The highest BCUT2D eigenvalue weighted by Crippen LogP contribution is 2.27. The van der Waals surface area contributed by atoms with E-state index in [-0.39, 0.29) is 12.0 Å². The van der Waals surface area contributed by atoms with Gasteiger partial charge in [0.05, 0.1) is 13.7 Å². The molecule has 4 heteroatoms. The van der Waals surface area contributed by atoms with Crippen LogP contribution in [0, 0.1) is 0 Å². The zero-order valence-electron chi connectivity index (χ0n) is 12.1. The van der Waals surface area contributed by atoms with Crippen LogP contribution < -0.4 is 4.74 Å². The molecule has 1 aromatic rings. The summed E-state index contributed by atoms with van der Waals surface area (Å²) in [5, 5.41) is 0. The summed E-state index contributed by atoms with van der Waals surface area (Å²) in [6.07, 6.45) is 0. The Morgan fingerprint density at radius 3 is 2.26 bits per heavy atom. The zero-order chi connectivity index (χ0) is 14.6. The predicted octanol–water partition coefficient (Wildman–Crippen LogP) is 2.74. The molecule has 0 spiro atoms. The van der Waals surface area contributed by atoms with Crippen molar-refractivity contribution < 1.29 is 19.1 Å². The molecule has 0 radical (unpaired) electrons. The van der Waals surface area contributed by atoms with Gasteiger partial charge in [0.15, 0.2) is 0 Å². The van der Waals surface area contributed by atoms with Gasteiger partial charge in [0.2, 0.25) is 0 Å². The molecular formula is C15H20O4. The van der Waals surface area contributed by atoms with Crippen molar-refractivity contribution in [1.29, 1.82) is 0 Å². The van der Waals surface area contributed by atoms with E-state index in [0.29, 0.717) is 11.3 Å². The smallest absolute Gasteiger partial charge is 0.379 e. The maximum absolute atomic E-state index is 12.0. The van der Waals surface area contributed by atoms with Gasteiger partial charge in [0.25, 0.3) is 5.78 Å². The number of hydrogen-bond donors (Lipinski definition) is 0. The van der Waals surface area contributed by atoms with Crippen LogP contribution in [0.2, 0.25) is 0 Å². The van der Waals surface area contributed by atoms with Gasteiger partial charge in [-0.05, 0) is 36.1 Å². The third kappa shape index (κ3) is 3.81. The fourth-order valence-corrected chi connectivity index (χ4v) is 1.60. The molecule has 4 nitrogen and oxygen atoms in total. The number of benzene rings is 1. The molecule has 0 aliphatic rings. The van der Waals surface area contributed by atoms with E-state index < -0.39 is 11.8 Å². The monoisotopic (exact) mass is 264 g/mol. The molecule has 0 aromatic heterocycles. The minimum atomic E-state index is -0.837. The Labute approximate surface area is 113 Å². The highest BCUT2D eigenvalue weighted by Gasteiger charge is 2.22. The van der Waals surface area contributed by atoms with Crippen LogP contribution in [0.5, 0.6) is 5.75 Å². The van der Waals surface area contributed by atoms with Crippen LogP contribution in [-0.4, -0.2) is 25.5 Å². The minimum Gasteiger partial charge on any atom is -0.497 e. The van der Waals surface area contributed by atoms with Crippen molar-refractivity contribution in [1.82, 2.24) is 0 Å². The number of carbonyl (C=O) groups excluding carboxylic acids is 2. The Morgan fingerprint density at radius 2 is 1.79 bits per heavy atom. The molecule has 0 aliphatic heterocycles. The van der Waals surface area contributed by atoms with Gasteiger partial charge in [-0.3, -0.25) is 4.79 Å². The van der Waals surface area contributed by atoms with E-state index in [2.05, 4.69) is 0 Å². The molecule has 19 heavy (non-hydrogen) atoms. The van der Waals surface area contributed by atoms with Crippen molar-refractivity contribution in [3.63, 3.8) is 0 Å². The van der Waals surface area contributed by atoms with Gasteiger partial charge >= 0.3 is 5.97 Å². The highest BCUT2D eigenvalue weighted by molar-refractivity contribution is 6.40. The van der Waals surface area contributed by atoms with Gasteiger partial charge in [-0.15, -0.1) is 0 Å². The third-order valence-corrected chi connectivity index (χ3v) is 2.73. The molecule has 0 bridgehead atoms. The van der Waals surface area contributed by atoms with Crippen molar-refractivity contribution in [2.75, 3.05) is 13.7 Å². The van der Waals surface area contributed by atoms with E-state index in [1.54, 1.807) is 19.1 Å². The van der Waals surface area contributed by atoms with Crippen LogP contribution >= 0.6 is 0 Å². The lowest BCUT2D eigenvalue weighted by Gasteiger charge is -2.20. The van der Waals surface area contributed by atoms with Crippen molar-refractivity contribution >= 4 is 11.8 Å². The SMILES string of the molecule is CCOC(=O)C(=O)c1cc(OC)cc(C(C)(C)C)c1. The summed E-state index contributed by atoms with van der Waals surface area (Å²) in [6, 6.07) is 5.12. The lowest BCUT2D eigenvalue weighted by molar-refractivity contribution is -0.137. The highest BCUT2D eigenvalue weighted by atomic mass is 16.5. The fourth-order valence-electron chi connectivity index (χ4n) is 1.60. The van der Waals surface area contributed by atoms with Crippen molar-refractivity contribution in [3.05, 3.63) is 29.3 Å². The van der Waals surface area contributed by atoms with Gasteiger partial charge in [0, 0.05) is 5.56 Å². The lowest BCUT2D eigenvalue weighted by atomic mass is 9.85. The standard InChI is InChI=1S/C15H20O4/c1-6-19-14(17)13(16)10-7-11(15(2,3)4)9-12(8-10)18-5/h7-9H,6H2,1-5H3. The number of rotatable bonds is 4. The van der Waals surface area contributed by atoms with Gasteiger partial charge in [-0.2, -0.15) is 0 Å². The maximum Gasteiger partial charge on any atom is 0.379 e. The molecule has 1 rings (SSSR count). The fraction of sp³-hybridized carbons (Fsp3) is 0.467. The molecule has 0 heterocycles. The summed E-state index contributed by atoms with van der Waals surface area (Å²) >= 11 is 0. The van der Waals surface area contributed by atoms with Gasteiger partial charge < -0.3 is 9.47 Å². The van der Waals surface area contributed by atoms with Crippen LogP contribution in [0.15, 0.2) is 18.2 Å². The van der Waals surface area contributed by atoms with E-state index in [1.165, 1.54) is 7.11 Å². The van der Waals surface area contributed by atoms with E-state index in [4.69, 9.17) is 9.47 Å². The lowest BCUT2D eigenvalue weighted by Crippen LogP contribution is -2.19. The molecule has 0 fully saturated rings. The van der Waals surface area contributed by atoms with E-state index in [9.17, 15) is 9.59 Å². The van der Waals surface area contributed by atoms with Crippen molar-refractivity contribution in [3.8, 4) is 5.75 Å². The Morgan fingerprint density at radius 1 is 1.16 bits per heavy atom. The molecule has 0 atom stereocenters. The summed E-state index contributed by atoms with van der Waals surface area (Å²) in [4.78, 5) is 23.4. The van der Waals surface area contributed by atoms with Gasteiger partial charge in [0.1, 0.15) is 5.75 Å². The van der Waals surface area contributed by atoms with E-state index in [1.807, 2.05) is 26.8 Å². The minimum absolute atomic E-state index is 0.141. The summed E-state index contributed by atoms with van der Waals surface area (Å²) in [7, 11) is 1.53. The molecule has 0 saturated carbocycles. The number of carbonyl (C=O) groups is 2. The molecule has 0 saturated heterocycles. The molecule has 104 valence electrons. The van der Waals surface area contributed by atoms with Crippen LogP contribution in [0.25, 0.3) is 0 Å². The Kier molecular flexibility index (Phi) is 4.70. The average molecular weight is 264 g/mol. The molecule has 0 N–H and O–H groups in total. The summed E-state index contributed by atoms with van der Waals surface area (Å²) in [6.45, 7) is 7.93. The number of ketones is 1. The first-order valence-corrected chi connectivity index (χ1v) is 6.20. The molecule has 0 aliphatic carbocycles. The Balaban J connectivity index is 3.21. The summed E-state index contributed by atoms with van der Waals surface area (Å²) in [5.74, 6) is -0.929. The number of hydrogen-bond acceptors (Lipinski definition) is 4. The van der Waals surface area contributed by atoms with Gasteiger partial charge in [-0.1, -0.05) is 20.8 Å². The Bertz CT molecular complexity index is 483. The first-order valence-electron chi connectivity index (χ1n) is 6.20. The zero-order valence-corrected chi connectivity index (χ0v) is 12.1. The number of Topliss-reactive ketones (excluding diaryl/α,β-unsaturated/α-hetero) is 1. The first-order chi connectivity index (χ1) is 8.79. The molecule has 0 unspecified atom stereocenters. The van der Waals surface area contributed by atoms with Crippen molar-refractivity contribution in [2.45, 2.75) is 33.1 Å². The predicted molar refractivity (Wildman–Crippen MR) is 72.7 cm³/mol. The largest absolute Gasteiger partial charge is 0.497 e. The van der Waals surface area contributed by atoms with Crippen LogP contribution in [0.1, 0.15) is 43.6 Å². The maximum atomic E-state index is 12.0. The van der Waals surface area contributed by atoms with Crippen LogP contribution in [0.3, 0.4) is 0 Å². The third-order valence-electron chi connectivity index (χ3n) is 2.73. The van der Waals surface area contributed by atoms with Crippen molar-refractivity contribution in [2.24, 2.45) is 0 Å². The first kappa shape index (κ1) is 15.2. The molecule has 1 aromatic carbocycles. The normalized spacial score (nSPS) is 11.0.